The first-order valence-electron chi connectivity index (χ1n) is 11.3. The van der Waals surface area contributed by atoms with E-state index in [1.807, 2.05) is 6.07 Å². The molecule has 1 fully saturated rings. The van der Waals surface area contributed by atoms with E-state index < -0.39 is 33.4 Å². The van der Waals surface area contributed by atoms with Crippen LogP contribution in [0, 0.1) is 12.7 Å². The third kappa shape index (κ3) is 5.18. The minimum Gasteiger partial charge on any atom is -0.496 e. The number of nitrogens with zero attached hydrogens (tertiary/aromatic N) is 2. The molecule has 12 heteroatoms. The topological polar surface area (TPSA) is 107 Å². The lowest BCUT2D eigenvalue weighted by atomic mass is 9.91. The Kier molecular flexibility index (Phi) is 6.76. The number of hydrogen-bond donors (Lipinski definition) is 2. The first-order valence-corrected chi connectivity index (χ1v) is 13.1. The van der Waals surface area contributed by atoms with Crippen LogP contribution in [0.4, 0.5) is 29.1 Å². The molecule has 1 aromatic heterocycles. The van der Waals surface area contributed by atoms with Gasteiger partial charge in [-0.15, -0.1) is 0 Å². The third-order valence-electron chi connectivity index (χ3n) is 6.40. The molecule has 0 aliphatic carbocycles. The smallest absolute Gasteiger partial charge is 0.419 e. The van der Waals surface area contributed by atoms with E-state index >= 15 is 0 Å². The van der Waals surface area contributed by atoms with Gasteiger partial charge < -0.3 is 15.8 Å². The Hall–Kier alpha value is -3.15. The Morgan fingerprint density at radius 1 is 1.14 bits per heavy atom. The highest BCUT2D eigenvalue weighted by Crippen LogP contribution is 2.40. The second-order valence-corrected chi connectivity index (χ2v) is 11.3. The highest BCUT2D eigenvalue weighted by molar-refractivity contribution is 7.91. The number of nitrogens with one attached hydrogen (secondary N) is 1. The molecule has 1 aliphatic rings. The maximum Gasteiger partial charge on any atom is 0.419 e. The molecule has 3 N–H and O–H groups in total. The summed E-state index contributed by atoms with van der Waals surface area (Å²) in [6, 6.07) is 4.34. The number of rotatable bonds is 5. The van der Waals surface area contributed by atoms with Crippen LogP contribution in [-0.4, -0.2) is 37.0 Å². The van der Waals surface area contributed by atoms with E-state index in [0.29, 0.717) is 47.2 Å². The molecule has 1 aliphatic heterocycles. The van der Waals surface area contributed by atoms with Crippen molar-refractivity contribution >= 4 is 32.2 Å². The number of methoxy groups -OCH3 is 1. The molecule has 36 heavy (non-hydrogen) atoms. The fourth-order valence-electron chi connectivity index (χ4n) is 4.57. The Morgan fingerprint density at radius 2 is 1.81 bits per heavy atom. The molecule has 2 aromatic carbocycles. The second kappa shape index (κ2) is 9.38. The summed E-state index contributed by atoms with van der Waals surface area (Å²) >= 11 is 0. The monoisotopic (exact) mass is 526 g/mol. The number of anilines is 2. The molecular formula is C24H26F4N4O3S. The molecule has 0 radical (unpaired) electrons. The largest absolute Gasteiger partial charge is 0.496 e. The number of nitrogens with two attached hydrogens (primary N) is 1. The van der Waals surface area contributed by atoms with Crippen LogP contribution in [0.5, 0.6) is 5.75 Å². The summed E-state index contributed by atoms with van der Waals surface area (Å²) in [6.07, 6.45) is -4.03. The molecule has 0 amide bonds. The van der Waals surface area contributed by atoms with E-state index in [2.05, 4.69) is 15.3 Å². The SMILES string of the molecule is COc1cc2nc(C)nc(N[C@H](C)c3cc(N)cc(C(F)(F)F)c3F)c2cc1C1CCS(=O)(=O)CC1. The van der Waals surface area contributed by atoms with Gasteiger partial charge in [0.2, 0.25) is 0 Å². The van der Waals surface area contributed by atoms with Crippen LogP contribution in [0.3, 0.4) is 0 Å². The first-order chi connectivity index (χ1) is 16.8. The van der Waals surface area contributed by atoms with Gasteiger partial charge in [0.15, 0.2) is 0 Å². The number of benzene rings is 2. The molecule has 4 rings (SSSR count). The Labute approximate surface area is 206 Å². The number of fused-ring (bicyclic) bond motifs is 1. The van der Waals surface area contributed by atoms with Crippen molar-refractivity contribution in [3.63, 3.8) is 0 Å². The average Bonchev–Trinajstić information content (AvgIpc) is 2.78. The summed E-state index contributed by atoms with van der Waals surface area (Å²) in [6.45, 7) is 3.17. The maximum atomic E-state index is 14.8. The lowest BCUT2D eigenvalue weighted by Gasteiger charge is -2.25. The number of sulfone groups is 1. The van der Waals surface area contributed by atoms with Gasteiger partial charge in [0.25, 0.3) is 0 Å². The summed E-state index contributed by atoms with van der Waals surface area (Å²) in [5.74, 6) is -0.0886. The quantitative estimate of drug-likeness (QED) is 0.350. The van der Waals surface area contributed by atoms with E-state index in [9.17, 15) is 26.0 Å². The van der Waals surface area contributed by atoms with Crippen LogP contribution in [0.1, 0.15) is 54.2 Å². The standard InChI is InChI=1S/C24H26F4N4O3S/c1-12(16-8-15(29)9-19(22(16)25)24(26,27)28)30-23-18-10-17(14-4-6-36(33,34)7-5-14)21(35-3)11-20(18)31-13(2)32-23/h8-12,14H,4-7,29H2,1-3H3,(H,30,31,32)/t12-/m1/s1. The van der Waals surface area contributed by atoms with Crippen LogP contribution in [-0.2, 0) is 16.0 Å². The fraction of sp³-hybridized carbons (Fsp3) is 0.417. The molecule has 7 nitrogen and oxygen atoms in total. The van der Waals surface area contributed by atoms with Gasteiger partial charge in [0.1, 0.15) is 33.0 Å². The van der Waals surface area contributed by atoms with Gasteiger partial charge in [-0.25, -0.2) is 22.8 Å². The minimum atomic E-state index is -4.90. The summed E-state index contributed by atoms with van der Waals surface area (Å²) in [5.41, 5.74) is 5.06. The zero-order chi connectivity index (χ0) is 26.4. The molecule has 194 valence electrons. The molecule has 1 saturated heterocycles. The average molecular weight is 527 g/mol. The zero-order valence-electron chi connectivity index (χ0n) is 19.9. The molecular weight excluding hydrogens is 500 g/mol. The van der Waals surface area contributed by atoms with Gasteiger partial charge in [0, 0.05) is 22.7 Å². The van der Waals surface area contributed by atoms with Crippen molar-refractivity contribution in [2.75, 3.05) is 29.7 Å². The van der Waals surface area contributed by atoms with Crippen molar-refractivity contribution in [1.29, 1.82) is 0 Å². The number of halogens is 4. The Bertz CT molecular complexity index is 1410. The summed E-state index contributed by atoms with van der Waals surface area (Å²) in [4.78, 5) is 8.86. The van der Waals surface area contributed by atoms with Crippen LogP contribution < -0.4 is 15.8 Å². The van der Waals surface area contributed by atoms with Gasteiger partial charge in [-0.3, -0.25) is 0 Å². The minimum absolute atomic E-state index is 0.0693. The van der Waals surface area contributed by atoms with E-state index in [0.717, 1.165) is 11.6 Å². The van der Waals surface area contributed by atoms with E-state index in [-0.39, 0.29) is 28.7 Å². The highest BCUT2D eigenvalue weighted by Gasteiger charge is 2.36. The Morgan fingerprint density at radius 3 is 2.42 bits per heavy atom. The third-order valence-corrected chi connectivity index (χ3v) is 8.12. The van der Waals surface area contributed by atoms with E-state index in [1.54, 1.807) is 13.0 Å². The molecule has 0 spiro atoms. The second-order valence-electron chi connectivity index (χ2n) is 8.99. The number of aryl methyl sites for hydroxylation is 1. The fourth-order valence-corrected chi connectivity index (χ4v) is 6.06. The van der Waals surface area contributed by atoms with Gasteiger partial charge in [0.05, 0.1) is 35.7 Å². The van der Waals surface area contributed by atoms with Crippen LogP contribution in [0.15, 0.2) is 24.3 Å². The van der Waals surface area contributed by atoms with Crippen molar-refractivity contribution in [2.45, 2.75) is 44.8 Å². The van der Waals surface area contributed by atoms with E-state index in [1.165, 1.54) is 14.0 Å². The van der Waals surface area contributed by atoms with Crippen LogP contribution in [0.25, 0.3) is 10.9 Å². The van der Waals surface area contributed by atoms with Gasteiger partial charge in [-0.2, -0.15) is 13.2 Å². The summed E-state index contributed by atoms with van der Waals surface area (Å²) in [5, 5.41) is 3.57. The number of aromatic nitrogens is 2. The number of nitrogen functional groups attached to an aromatic ring is 1. The zero-order valence-corrected chi connectivity index (χ0v) is 20.7. The predicted octanol–water partition coefficient (Wildman–Crippen LogP) is 5.15. The van der Waals surface area contributed by atoms with Gasteiger partial charge >= 0.3 is 6.18 Å². The van der Waals surface area contributed by atoms with E-state index in [4.69, 9.17) is 10.5 Å². The molecule has 0 saturated carbocycles. The molecule has 0 unspecified atom stereocenters. The normalized spacial score (nSPS) is 17.2. The number of hydrogen-bond acceptors (Lipinski definition) is 7. The molecule has 0 bridgehead atoms. The lowest BCUT2D eigenvalue weighted by Crippen LogP contribution is -2.22. The van der Waals surface area contributed by atoms with Crippen molar-refractivity contribution in [3.8, 4) is 5.75 Å². The molecule has 3 aromatic rings. The predicted molar refractivity (Wildman–Crippen MR) is 129 cm³/mol. The van der Waals surface area contributed by atoms with Gasteiger partial charge in [-0.1, -0.05) is 0 Å². The van der Waals surface area contributed by atoms with Crippen LogP contribution in [0.2, 0.25) is 0 Å². The molecule has 1 atom stereocenters. The summed E-state index contributed by atoms with van der Waals surface area (Å²) in [7, 11) is -1.56. The highest BCUT2D eigenvalue weighted by atomic mass is 32.2. The van der Waals surface area contributed by atoms with Crippen molar-refractivity contribution in [2.24, 2.45) is 0 Å². The first kappa shape index (κ1) is 25.9. The lowest BCUT2D eigenvalue weighted by molar-refractivity contribution is -0.140. The number of alkyl halides is 3. The van der Waals surface area contributed by atoms with Gasteiger partial charge in [-0.05, 0) is 56.4 Å². The van der Waals surface area contributed by atoms with Crippen molar-refractivity contribution in [1.82, 2.24) is 9.97 Å². The van der Waals surface area contributed by atoms with Crippen molar-refractivity contribution < 1.29 is 30.7 Å². The maximum absolute atomic E-state index is 14.8. The Balaban J connectivity index is 1.77. The number of ether oxygens (including phenoxy) is 1. The molecule has 2 heterocycles. The summed E-state index contributed by atoms with van der Waals surface area (Å²) < 4.78 is 84.2. The van der Waals surface area contributed by atoms with Crippen LogP contribution >= 0.6 is 0 Å². The van der Waals surface area contributed by atoms with Crippen molar-refractivity contribution in [3.05, 3.63) is 52.6 Å².